The summed E-state index contributed by atoms with van der Waals surface area (Å²) in [4.78, 5) is 27.5. The Bertz CT molecular complexity index is 618. The van der Waals surface area contributed by atoms with Gasteiger partial charge in [-0.05, 0) is 31.4 Å². The van der Waals surface area contributed by atoms with Gasteiger partial charge in [-0.15, -0.1) is 0 Å². The summed E-state index contributed by atoms with van der Waals surface area (Å²) in [6.07, 6.45) is 2.49. The highest BCUT2D eigenvalue weighted by molar-refractivity contribution is 5.81. The third-order valence-corrected chi connectivity index (χ3v) is 4.16. The molecule has 1 aliphatic heterocycles. The lowest BCUT2D eigenvalue weighted by molar-refractivity contribution is -0.136. The smallest absolute Gasteiger partial charge is 0.314 e. The maximum Gasteiger partial charge on any atom is 0.314 e. The number of primary amides is 1. The Morgan fingerprint density at radius 1 is 1.33 bits per heavy atom. The first-order valence-corrected chi connectivity index (χ1v) is 8.49. The fraction of sp³-hybridized carbons (Fsp3) is 0.474. The number of hydrogen-bond acceptors (Lipinski definition) is 2. The highest BCUT2D eigenvalue weighted by Gasteiger charge is 2.30. The average Bonchev–Trinajstić information content (AvgIpc) is 2.61. The van der Waals surface area contributed by atoms with E-state index in [0.717, 1.165) is 24.8 Å². The summed E-state index contributed by atoms with van der Waals surface area (Å²) in [5.74, 6) is 6.08. The molecule has 5 nitrogen and oxygen atoms in total. The van der Waals surface area contributed by atoms with Crippen LogP contribution in [0.4, 0.5) is 4.79 Å². The van der Waals surface area contributed by atoms with E-state index in [4.69, 9.17) is 5.73 Å². The van der Waals surface area contributed by atoms with Crippen LogP contribution in [-0.2, 0) is 4.79 Å². The molecule has 1 heterocycles. The Labute approximate surface area is 143 Å². The fourth-order valence-corrected chi connectivity index (χ4v) is 2.93. The monoisotopic (exact) mass is 327 g/mol. The van der Waals surface area contributed by atoms with Crippen molar-refractivity contribution in [2.24, 2.45) is 11.7 Å². The van der Waals surface area contributed by atoms with Gasteiger partial charge in [0, 0.05) is 25.2 Å². The van der Waals surface area contributed by atoms with Crippen molar-refractivity contribution in [1.82, 2.24) is 9.80 Å². The molecule has 2 rings (SSSR count). The Morgan fingerprint density at radius 2 is 2.08 bits per heavy atom. The zero-order valence-corrected chi connectivity index (χ0v) is 14.2. The number of carbonyl (C=O) groups is 2. The van der Waals surface area contributed by atoms with Crippen LogP contribution in [0.15, 0.2) is 30.3 Å². The third-order valence-electron chi connectivity index (χ3n) is 4.16. The Kier molecular flexibility index (Phi) is 6.68. The Morgan fingerprint density at radius 3 is 2.75 bits per heavy atom. The van der Waals surface area contributed by atoms with Crippen molar-refractivity contribution in [3.63, 3.8) is 0 Å². The van der Waals surface area contributed by atoms with Crippen molar-refractivity contribution in [2.75, 3.05) is 26.2 Å². The van der Waals surface area contributed by atoms with Gasteiger partial charge in [0.25, 0.3) is 0 Å². The minimum absolute atomic E-state index is 0.0742. The van der Waals surface area contributed by atoms with E-state index in [1.165, 1.54) is 0 Å². The van der Waals surface area contributed by atoms with Gasteiger partial charge in [0.1, 0.15) is 0 Å². The SMILES string of the molecule is CCCN(CC#Cc1ccccc1)C(=O)[C@H]1CCCN(C(N)=O)C1. The van der Waals surface area contributed by atoms with Gasteiger partial charge >= 0.3 is 6.03 Å². The number of amides is 3. The molecule has 0 aliphatic carbocycles. The molecule has 1 aromatic carbocycles. The van der Waals surface area contributed by atoms with Crippen molar-refractivity contribution in [3.8, 4) is 11.8 Å². The van der Waals surface area contributed by atoms with Crippen LogP contribution in [0.25, 0.3) is 0 Å². The number of benzene rings is 1. The lowest BCUT2D eigenvalue weighted by Crippen LogP contribution is -2.48. The first-order chi connectivity index (χ1) is 11.6. The van der Waals surface area contributed by atoms with Crippen molar-refractivity contribution in [3.05, 3.63) is 35.9 Å². The second-order valence-corrected chi connectivity index (χ2v) is 6.05. The van der Waals surface area contributed by atoms with Gasteiger partial charge < -0.3 is 15.5 Å². The molecule has 0 radical (unpaired) electrons. The standard InChI is InChI=1S/C19H25N3O2/c1-2-12-21(13-6-10-16-8-4-3-5-9-16)18(23)17-11-7-14-22(15-17)19(20)24/h3-5,8-9,17H,2,7,11-15H2,1H3,(H2,20,24)/t17-/m0/s1. The molecular formula is C19H25N3O2. The van der Waals surface area contributed by atoms with Crippen LogP contribution in [0.5, 0.6) is 0 Å². The largest absolute Gasteiger partial charge is 0.351 e. The molecule has 128 valence electrons. The fourth-order valence-electron chi connectivity index (χ4n) is 2.93. The van der Waals surface area contributed by atoms with Gasteiger partial charge in [0.2, 0.25) is 5.91 Å². The Balaban J connectivity index is 2.00. The van der Waals surface area contributed by atoms with Crippen LogP contribution in [0.1, 0.15) is 31.7 Å². The summed E-state index contributed by atoms with van der Waals surface area (Å²) in [7, 11) is 0. The summed E-state index contributed by atoms with van der Waals surface area (Å²) < 4.78 is 0. The molecule has 24 heavy (non-hydrogen) atoms. The lowest BCUT2D eigenvalue weighted by Gasteiger charge is -2.33. The maximum absolute atomic E-state index is 12.8. The quantitative estimate of drug-likeness (QED) is 0.860. The molecule has 0 bridgehead atoms. The molecule has 2 N–H and O–H groups in total. The van der Waals surface area contributed by atoms with E-state index in [0.29, 0.717) is 26.2 Å². The number of hydrogen-bond donors (Lipinski definition) is 1. The van der Waals surface area contributed by atoms with Crippen LogP contribution >= 0.6 is 0 Å². The molecule has 0 unspecified atom stereocenters. The number of urea groups is 1. The molecule has 1 atom stereocenters. The minimum atomic E-state index is -0.446. The van der Waals surface area contributed by atoms with Crippen molar-refractivity contribution < 1.29 is 9.59 Å². The van der Waals surface area contributed by atoms with E-state index in [1.807, 2.05) is 37.3 Å². The molecule has 1 fully saturated rings. The van der Waals surface area contributed by atoms with E-state index in [2.05, 4.69) is 11.8 Å². The molecule has 1 aromatic rings. The molecule has 0 saturated carbocycles. The lowest BCUT2D eigenvalue weighted by atomic mass is 9.96. The molecule has 0 aromatic heterocycles. The van der Waals surface area contributed by atoms with E-state index < -0.39 is 6.03 Å². The first-order valence-electron chi connectivity index (χ1n) is 8.49. The number of nitrogens with two attached hydrogens (primary N) is 1. The highest BCUT2D eigenvalue weighted by Crippen LogP contribution is 2.19. The number of likely N-dealkylation sites (tertiary alicyclic amines) is 1. The van der Waals surface area contributed by atoms with Crippen LogP contribution in [0.3, 0.4) is 0 Å². The summed E-state index contributed by atoms with van der Waals surface area (Å²) in [6, 6.07) is 9.29. The van der Waals surface area contributed by atoms with Gasteiger partial charge in [0.15, 0.2) is 0 Å². The van der Waals surface area contributed by atoms with Crippen LogP contribution in [-0.4, -0.2) is 47.9 Å². The van der Waals surface area contributed by atoms with E-state index >= 15 is 0 Å². The normalized spacial score (nSPS) is 16.9. The van der Waals surface area contributed by atoms with Gasteiger partial charge in [0.05, 0.1) is 12.5 Å². The van der Waals surface area contributed by atoms with Gasteiger partial charge in [-0.3, -0.25) is 4.79 Å². The topological polar surface area (TPSA) is 66.6 Å². The van der Waals surface area contributed by atoms with E-state index in [9.17, 15) is 9.59 Å². The number of rotatable bonds is 4. The molecular weight excluding hydrogens is 302 g/mol. The molecule has 1 saturated heterocycles. The third kappa shape index (κ3) is 5.02. The first kappa shape index (κ1) is 17.9. The number of carbonyl (C=O) groups excluding carboxylic acids is 2. The van der Waals surface area contributed by atoms with Crippen molar-refractivity contribution >= 4 is 11.9 Å². The zero-order chi connectivity index (χ0) is 17.4. The van der Waals surface area contributed by atoms with E-state index in [1.54, 1.807) is 9.80 Å². The molecule has 0 spiro atoms. The molecule has 1 aliphatic rings. The van der Waals surface area contributed by atoms with E-state index in [-0.39, 0.29) is 11.8 Å². The predicted molar refractivity (Wildman–Crippen MR) is 94.1 cm³/mol. The minimum Gasteiger partial charge on any atom is -0.351 e. The van der Waals surface area contributed by atoms with Gasteiger partial charge in [-0.1, -0.05) is 37.0 Å². The summed E-state index contributed by atoms with van der Waals surface area (Å²) in [5.41, 5.74) is 6.29. The van der Waals surface area contributed by atoms with Crippen LogP contribution < -0.4 is 5.73 Å². The highest BCUT2D eigenvalue weighted by atomic mass is 16.2. The van der Waals surface area contributed by atoms with Crippen LogP contribution in [0, 0.1) is 17.8 Å². The summed E-state index contributed by atoms with van der Waals surface area (Å²) >= 11 is 0. The van der Waals surface area contributed by atoms with Gasteiger partial charge in [-0.2, -0.15) is 0 Å². The average molecular weight is 327 g/mol. The molecule has 5 heteroatoms. The maximum atomic E-state index is 12.8. The number of piperidine rings is 1. The second kappa shape index (κ2) is 8.97. The summed E-state index contributed by atoms with van der Waals surface area (Å²) in [5, 5.41) is 0. The van der Waals surface area contributed by atoms with Crippen molar-refractivity contribution in [1.29, 1.82) is 0 Å². The number of nitrogens with zero attached hydrogens (tertiary/aromatic N) is 2. The van der Waals surface area contributed by atoms with Crippen molar-refractivity contribution in [2.45, 2.75) is 26.2 Å². The molecule has 3 amide bonds. The second-order valence-electron chi connectivity index (χ2n) is 6.05. The zero-order valence-electron chi connectivity index (χ0n) is 14.2. The Hall–Kier alpha value is -2.48. The van der Waals surface area contributed by atoms with Crippen LogP contribution in [0.2, 0.25) is 0 Å². The predicted octanol–water partition coefficient (Wildman–Crippen LogP) is 2.07. The van der Waals surface area contributed by atoms with Gasteiger partial charge in [-0.25, -0.2) is 4.79 Å². The summed E-state index contributed by atoms with van der Waals surface area (Å²) in [6.45, 7) is 4.19.